The number of benzene rings is 1. The van der Waals surface area contributed by atoms with Crippen molar-refractivity contribution in [2.45, 2.75) is 0 Å². The quantitative estimate of drug-likeness (QED) is 0.875. The van der Waals surface area contributed by atoms with Gasteiger partial charge in [-0.3, -0.25) is 0 Å². The maximum absolute atomic E-state index is 13.2. The second-order valence-electron chi connectivity index (χ2n) is 2.91. The van der Waals surface area contributed by atoms with Crippen LogP contribution in [0.4, 0.5) is 10.3 Å². The van der Waals surface area contributed by atoms with Gasteiger partial charge in [0.2, 0.25) is 11.8 Å². The molecule has 2 N–H and O–H groups in total. The molecule has 0 aliphatic carbocycles. The molecule has 0 aliphatic rings. The fourth-order valence-electron chi connectivity index (χ4n) is 1.07. The van der Waals surface area contributed by atoms with Crippen LogP contribution < -0.4 is 10.5 Å². The summed E-state index contributed by atoms with van der Waals surface area (Å²) in [6.07, 6.45) is 0.939. The van der Waals surface area contributed by atoms with Crippen molar-refractivity contribution >= 4 is 17.5 Å². The Labute approximate surface area is 95.9 Å². The Kier molecular flexibility index (Phi) is 2.87. The first-order valence-electron chi connectivity index (χ1n) is 4.37. The number of nitrogens with two attached hydrogens (primary N) is 1. The Morgan fingerprint density at radius 3 is 2.81 bits per heavy atom. The van der Waals surface area contributed by atoms with Crippen molar-refractivity contribution in [3.05, 3.63) is 41.3 Å². The molecule has 0 fully saturated rings. The van der Waals surface area contributed by atoms with Gasteiger partial charge in [-0.1, -0.05) is 23.7 Å². The van der Waals surface area contributed by atoms with E-state index in [-0.39, 0.29) is 11.8 Å². The molecule has 0 radical (unpaired) electrons. The highest BCUT2D eigenvalue weighted by Gasteiger charge is 2.09. The molecule has 2 rings (SSSR count). The highest BCUT2D eigenvalue weighted by molar-refractivity contribution is 6.32. The fourth-order valence-corrected chi connectivity index (χ4v) is 1.24. The van der Waals surface area contributed by atoms with Crippen molar-refractivity contribution in [1.29, 1.82) is 0 Å². The number of aromatic nitrogens is 2. The van der Waals surface area contributed by atoms with Crippen molar-refractivity contribution in [2.24, 2.45) is 0 Å². The van der Waals surface area contributed by atoms with Gasteiger partial charge in [-0.25, -0.2) is 4.98 Å². The molecule has 6 heteroatoms. The van der Waals surface area contributed by atoms with Gasteiger partial charge in [-0.05, 0) is 12.1 Å². The fraction of sp³-hybridized carbons (Fsp3) is 0. The maximum atomic E-state index is 13.2. The van der Waals surface area contributed by atoms with E-state index < -0.39 is 5.82 Å². The van der Waals surface area contributed by atoms with Crippen LogP contribution in [0.15, 0.2) is 30.5 Å². The number of hydrogen-bond acceptors (Lipinski definition) is 4. The Morgan fingerprint density at radius 1 is 1.31 bits per heavy atom. The first kappa shape index (κ1) is 10.6. The van der Waals surface area contributed by atoms with E-state index in [9.17, 15) is 4.39 Å². The van der Waals surface area contributed by atoms with E-state index in [1.807, 2.05) is 0 Å². The van der Waals surface area contributed by atoms with E-state index >= 15 is 0 Å². The van der Waals surface area contributed by atoms with E-state index in [0.717, 1.165) is 6.20 Å². The lowest BCUT2D eigenvalue weighted by molar-refractivity contribution is 0.421. The first-order chi connectivity index (χ1) is 7.66. The minimum Gasteiger partial charge on any atom is -0.435 e. The summed E-state index contributed by atoms with van der Waals surface area (Å²) < 4.78 is 18.4. The summed E-state index contributed by atoms with van der Waals surface area (Å²) in [6.45, 7) is 0. The zero-order valence-corrected chi connectivity index (χ0v) is 8.78. The normalized spacial score (nSPS) is 10.1. The molecule has 1 aromatic carbocycles. The number of nitrogens with zero attached hydrogens (tertiary/aromatic N) is 2. The summed E-state index contributed by atoms with van der Waals surface area (Å²) in [5, 5.41) is 0.360. The summed E-state index contributed by atoms with van der Waals surface area (Å²) in [4.78, 5) is 7.10. The van der Waals surface area contributed by atoms with Crippen LogP contribution >= 0.6 is 11.6 Å². The molecule has 4 nitrogen and oxygen atoms in total. The molecule has 82 valence electrons. The van der Waals surface area contributed by atoms with Crippen LogP contribution in [0.2, 0.25) is 5.02 Å². The minimum absolute atomic E-state index is 0.0662. The van der Waals surface area contributed by atoms with Gasteiger partial charge in [0.25, 0.3) is 5.88 Å². The predicted octanol–water partition coefficient (Wildman–Crippen LogP) is 2.64. The van der Waals surface area contributed by atoms with Gasteiger partial charge in [0.15, 0.2) is 0 Å². The molecule has 0 saturated heterocycles. The Morgan fingerprint density at radius 2 is 2.06 bits per heavy atom. The van der Waals surface area contributed by atoms with Crippen molar-refractivity contribution in [3.8, 4) is 11.6 Å². The molecule has 2 aromatic rings. The zero-order valence-electron chi connectivity index (χ0n) is 8.02. The molecular formula is C10H7ClFN3O. The van der Waals surface area contributed by atoms with Crippen LogP contribution in [0.5, 0.6) is 11.6 Å². The molecule has 0 bridgehead atoms. The van der Waals surface area contributed by atoms with E-state index in [0.29, 0.717) is 10.8 Å². The second kappa shape index (κ2) is 4.32. The molecule has 0 unspecified atom stereocenters. The Hall–Kier alpha value is -1.88. The molecule has 1 aromatic heterocycles. The van der Waals surface area contributed by atoms with E-state index in [4.69, 9.17) is 22.1 Å². The maximum Gasteiger partial charge on any atom is 0.260 e. The van der Waals surface area contributed by atoms with Crippen LogP contribution in [-0.2, 0) is 0 Å². The van der Waals surface area contributed by atoms with Crippen LogP contribution in [0.25, 0.3) is 0 Å². The predicted molar refractivity (Wildman–Crippen MR) is 57.9 cm³/mol. The van der Waals surface area contributed by atoms with E-state index in [1.54, 1.807) is 24.3 Å². The first-order valence-corrected chi connectivity index (χ1v) is 4.75. The summed E-state index contributed by atoms with van der Waals surface area (Å²) in [5.41, 5.74) is 5.32. The van der Waals surface area contributed by atoms with Gasteiger partial charge >= 0.3 is 0 Å². The summed E-state index contributed by atoms with van der Waals surface area (Å²) >= 11 is 5.84. The van der Waals surface area contributed by atoms with Gasteiger partial charge in [0.1, 0.15) is 5.75 Å². The SMILES string of the molecule is Nc1ncc(F)c(Oc2ccccc2Cl)n1. The number of anilines is 1. The molecule has 0 saturated carbocycles. The van der Waals surface area contributed by atoms with E-state index in [2.05, 4.69) is 9.97 Å². The lowest BCUT2D eigenvalue weighted by Gasteiger charge is -2.06. The molecular weight excluding hydrogens is 233 g/mol. The Bertz CT molecular complexity index is 521. The minimum atomic E-state index is -0.700. The van der Waals surface area contributed by atoms with Crippen molar-refractivity contribution in [3.63, 3.8) is 0 Å². The van der Waals surface area contributed by atoms with Crippen molar-refractivity contribution in [2.75, 3.05) is 5.73 Å². The molecule has 1 heterocycles. The molecule has 0 spiro atoms. The van der Waals surface area contributed by atoms with Gasteiger partial charge in [0, 0.05) is 0 Å². The summed E-state index contributed by atoms with van der Waals surface area (Å²) in [5.74, 6) is -0.709. The van der Waals surface area contributed by atoms with Crippen LogP contribution in [0.3, 0.4) is 0 Å². The Balaban J connectivity index is 2.34. The number of nitrogen functional groups attached to an aromatic ring is 1. The molecule has 0 aliphatic heterocycles. The van der Waals surface area contributed by atoms with Gasteiger partial charge < -0.3 is 10.5 Å². The second-order valence-corrected chi connectivity index (χ2v) is 3.32. The number of hydrogen-bond donors (Lipinski definition) is 1. The summed E-state index contributed by atoms with van der Waals surface area (Å²) in [7, 11) is 0. The zero-order chi connectivity index (χ0) is 11.5. The number of para-hydroxylation sites is 1. The number of ether oxygens (including phenoxy) is 1. The lowest BCUT2D eigenvalue weighted by atomic mass is 10.3. The van der Waals surface area contributed by atoms with Gasteiger partial charge in [-0.2, -0.15) is 9.37 Å². The highest BCUT2D eigenvalue weighted by atomic mass is 35.5. The van der Waals surface area contributed by atoms with Crippen molar-refractivity contribution in [1.82, 2.24) is 9.97 Å². The van der Waals surface area contributed by atoms with E-state index in [1.165, 1.54) is 0 Å². The summed E-state index contributed by atoms with van der Waals surface area (Å²) in [6, 6.07) is 6.67. The van der Waals surface area contributed by atoms with Crippen LogP contribution in [-0.4, -0.2) is 9.97 Å². The topological polar surface area (TPSA) is 61.0 Å². The average Bonchev–Trinajstić information content (AvgIpc) is 2.27. The third-order valence-electron chi connectivity index (χ3n) is 1.77. The molecule has 16 heavy (non-hydrogen) atoms. The monoisotopic (exact) mass is 239 g/mol. The highest BCUT2D eigenvalue weighted by Crippen LogP contribution is 2.28. The third-order valence-corrected chi connectivity index (χ3v) is 2.09. The lowest BCUT2D eigenvalue weighted by Crippen LogP contribution is -1.99. The standard InChI is InChI=1S/C10H7ClFN3O/c11-6-3-1-2-4-8(6)16-9-7(12)5-14-10(13)15-9/h1-5H,(H2,13,14,15). The molecule has 0 amide bonds. The number of rotatable bonds is 2. The molecule has 0 atom stereocenters. The largest absolute Gasteiger partial charge is 0.435 e. The van der Waals surface area contributed by atoms with Crippen LogP contribution in [0.1, 0.15) is 0 Å². The van der Waals surface area contributed by atoms with Crippen LogP contribution in [0, 0.1) is 5.82 Å². The average molecular weight is 240 g/mol. The van der Waals surface area contributed by atoms with Gasteiger partial charge in [-0.15, -0.1) is 0 Å². The number of halogens is 2. The van der Waals surface area contributed by atoms with Gasteiger partial charge in [0.05, 0.1) is 11.2 Å². The third kappa shape index (κ3) is 2.20. The van der Waals surface area contributed by atoms with Crippen molar-refractivity contribution < 1.29 is 9.13 Å². The smallest absolute Gasteiger partial charge is 0.260 e.